The van der Waals surface area contributed by atoms with Crippen LogP contribution in [0.4, 0.5) is 0 Å². The van der Waals surface area contributed by atoms with Crippen molar-refractivity contribution in [2.45, 2.75) is 19.1 Å². The molecule has 2 atom stereocenters. The van der Waals surface area contributed by atoms with E-state index in [0.29, 0.717) is 0 Å². The Balaban J connectivity index is 3.96. The standard InChI is InChI=1S/C8H12O2/c1-4-6-7(9)8(5-2)10-3/h5,7-9H,2H2,1,3H3. The zero-order valence-corrected chi connectivity index (χ0v) is 6.29. The van der Waals surface area contributed by atoms with Crippen LogP contribution in [0.3, 0.4) is 0 Å². The first-order valence-electron chi connectivity index (χ1n) is 3.02. The molecule has 0 heterocycles. The van der Waals surface area contributed by atoms with Crippen molar-refractivity contribution in [1.82, 2.24) is 0 Å². The van der Waals surface area contributed by atoms with Crippen LogP contribution in [-0.4, -0.2) is 24.4 Å². The minimum absolute atomic E-state index is 0.382. The first-order chi connectivity index (χ1) is 4.76. The van der Waals surface area contributed by atoms with Gasteiger partial charge in [-0.25, -0.2) is 0 Å². The van der Waals surface area contributed by atoms with Crippen molar-refractivity contribution >= 4 is 0 Å². The van der Waals surface area contributed by atoms with Gasteiger partial charge in [0.05, 0.1) is 0 Å². The molecule has 10 heavy (non-hydrogen) atoms. The Morgan fingerprint density at radius 2 is 2.30 bits per heavy atom. The predicted molar refractivity (Wildman–Crippen MR) is 40.5 cm³/mol. The molecule has 0 radical (unpaired) electrons. The molecule has 0 aliphatic heterocycles. The molecule has 1 N–H and O–H groups in total. The van der Waals surface area contributed by atoms with Crippen LogP contribution in [0.25, 0.3) is 0 Å². The van der Waals surface area contributed by atoms with Crippen LogP contribution < -0.4 is 0 Å². The smallest absolute Gasteiger partial charge is 0.144 e. The first-order valence-corrected chi connectivity index (χ1v) is 3.02. The molecule has 0 aliphatic rings. The summed E-state index contributed by atoms with van der Waals surface area (Å²) in [6, 6.07) is 0. The average molecular weight is 140 g/mol. The molecule has 0 saturated heterocycles. The third kappa shape index (κ3) is 2.67. The fourth-order valence-electron chi connectivity index (χ4n) is 0.584. The van der Waals surface area contributed by atoms with Gasteiger partial charge in [-0.2, -0.15) is 0 Å². The molecule has 0 saturated carbocycles. The third-order valence-electron chi connectivity index (χ3n) is 1.11. The van der Waals surface area contributed by atoms with E-state index in [1.807, 2.05) is 0 Å². The van der Waals surface area contributed by atoms with Crippen LogP contribution in [0.5, 0.6) is 0 Å². The van der Waals surface area contributed by atoms with E-state index in [-0.39, 0.29) is 6.10 Å². The summed E-state index contributed by atoms with van der Waals surface area (Å²) in [5.41, 5.74) is 0. The van der Waals surface area contributed by atoms with Gasteiger partial charge in [-0.15, -0.1) is 12.5 Å². The third-order valence-corrected chi connectivity index (χ3v) is 1.11. The Morgan fingerprint density at radius 1 is 1.70 bits per heavy atom. The largest absolute Gasteiger partial charge is 0.377 e. The van der Waals surface area contributed by atoms with Gasteiger partial charge in [0.25, 0.3) is 0 Å². The van der Waals surface area contributed by atoms with Gasteiger partial charge in [0.15, 0.2) is 0 Å². The van der Waals surface area contributed by atoms with Crippen LogP contribution >= 0.6 is 0 Å². The maximum Gasteiger partial charge on any atom is 0.144 e. The van der Waals surface area contributed by atoms with Crippen molar-refractivity contribution in [3.63, 3.8) is 0 Å². The lowest BCUT2D eigenvalue weighted by atomic mass is 10.2. The van der Waals surface area contributed by atoms with E-state index in [1.54, 1.807) is 6.92 Å². The molecular weight excluding hydrogens is 128 g/mol. The highest BCUT2D eigenvalue weighted by atomic mass is 16.5. The Bertz CT molecular complexity index is 152. The molecule has 2 unspecified atom stereocenters. The number of aliphatic hydroxyl groups is 1. The summed E-state index contributed by atoms with van der Waals surface area (Å²) in [6.45, 7) is 5.15. The van der Waals surface area contributed by atoms with Gasteiger partial charge in [0, 0.05) is 7.11 Å². The van der Waals surface area contributed by atoms with Crippen molar-refractivity contribution in [3.8, 4) is 11.8 Å². The van der Waals surface area contributed by atoms with Crippen LogP contribution in [0, 0.1) is 11.8 Å². The minimum Gasteiger partial charge on any atom is -0.377 e. The quantitative estimate of drug-likeness (QED) is 0.459. The summed E-state index contributed by atoms with van der Waals surface area (Å²) in [6.07, 6.45) is 0.384. The number of hydrogen-bond donors (Lipinski definition) is 1. The van der Waals surface area contributed by atoms with Gasteiger partial charge in [0.1, 0.15) is 12.2 Å². The van der Waals surface area contributed by atoms with E-state index < -0.39 is 6.10 Å². The van der Waals surface area contributed by atoms with E-state index >= 15 is 0 Å². The van der Waals surface area contributed by atoms with Crippen molar-refractivity contribution in [3.05, 3.63) is 12.7 Å². The summed E-state index contributed by atoms with van der Waals surface area (Å²) in [5.74, 6) is 5.15. The minimum atomic E-state index is -0.757. The number of hydrogen-bond acceptors (Lipinski definition) is 2. The van der Waals surface area contributed by atoms with Crippen LogP contribution in [0.15, 0.2) is 12.7 Å². The van der Waals surface area contributed by atoms with Crippen LogP contribution in [-0.2, 0) is 4.74 Å². The van der Waals surface area contributed by atoms with Gasteiger partial charge < -0.3 is 9.84 Å². The Labute approximate surface area is 61.5 Å². The van der Waals surface area contributed by atoms with Crippen molar-refractivity contribution in [2.75, 3.05) is 7.11 Å². The lowest BCUT2D eigenvalue weighted by Gasteiger charge is -2.11. The second-order valence-electron chi connectivity index (χ2n) is 1.78. The lowest BCUT2D eigenvalue weighted by Crippen LogP contribution is -2.23. The maximum atomic E-state index is 9.14. The van der Waals surface area contributed by atoms with Crippen molar-refractivity contribution in [2.24, 2.45) is 0 Å². The number of aliphatic hydroxyl groups excluding tert-OH is 1. The Morgan fingerprint density at radius 3 is 2.60 bits per heavy atom. The monoisotopic (exact) mass is 140 g/mol. The molecule has 0 fully saturated rings. The van der Waals surface area contributed by atoms with Gasteiger partial charge in [-0.1, -0.05) is 12.0 Å². The molecule has 0 aromatic carbocycles. The Kier molecular flexibility index (Phi) is 4.65. The van der Waals surface area contributed by atoms with E-state index in [2.05, 4.69) is 18.4 Å². The van der Waals surface area contributed by atoms with Gasteiger partial charge in [0.2, 0.25) is 0 Å². The normalized spacial score (nSPS) is 14.7. The number of ether oxygens (including phenoxy) is 1. The first kappa shape index (κ1) is 9.22. The zero-order chi connectivity index (χ0) is 7.98. The average Bonchev–Trinajstić information content (AvgIpc) is 1.91. The van der Waals surface area contributed by atoms with E-state index in [9.17, 15) is 0 Å². The van der Waals surface area contributed by atoms with E-state index in [4.69, 9.17) is 9.84 Å². The van der Waals surface area contributed by atoms with Gasteiger partial charge in [-0.05, 0) is 6.92 Å². The molecule has 2 heteroatoms. The van der Waals surface area contributed by atoms with Crippen LogP contribution in [0.2, 0.25) is 0 Å². The zero-order valence-electron chi connectivity index (χ0n) is 6.29. The number of methoxy groups -OCH3 is 1. The van der Waals surface area contributed by atoms with Crippen molar-refractivity contribution < 1.29 is 9.84 Å². The fraction of sp³-hybridized carbons (Fsp3) is 0.500. The summed E-state index contributed by atoms with van der Waals surface area (Å²) >= 11 is 0. The van der Waals surface area contributed by atoms with Gasteiger partial charge >= 0.3 is 0 Å². The van der Waals surface area contributed by atoms with E-state index in [1.165, 1.54) is 13.2 Å². The maximum absolute atomic E-state index is 9.14. The molecule has 0 aromatic heterocycles. The summed E-state index contributed by atoms with van der Waals surface area (Å²) in [5, 5.41) is 9.14. The molecule has 2 nitrogen and oxygen atoms in total. The molecular formula is C8H12O2. The SMILES string of the molecule is C=CC(OC)C(O)C#CC. The number of rotatable bonds is 3. The molecule has 0 bridgehead atoms. The molecule has 0 spiro atoms. The van der Waals surface area contributed by atoms with E-state index in [0.717, 1.165) is 0 Å². The second kappa shape index (κ2) is 5.04. The Hall–Kier alpha value is -0.780. The molecule has 0 amide bonds. The lowest BCUT2D eigenvalue weighted by molar-refractivity contribution is 0.0479. The van der Waals surface area contributed by atoms with Crippen LogP contribution in [0.1, 0.15) is 6.92 Å². The summed E-state index contributed by atoms with van der Waals surface area (Å²) in [7, 11) is 1.51. The predicted octanol–water partition coefficient (Wildman–Crippen LogP) is 0.572. The summed E-state index contributed by atoms with van der Waals surface area (Å²) in [4.78, 5) is 0. The highest BCUT2D eigenvalue weighted by Crippen LogP contribution is 1.97. The summed E-state index contributed by atoms with van der Waals surface area (Å²) < 4.78 is 4.84. The fourth-order valence-corrected chi connectivity index (χ4v) is 0.584. The molecule has 0 aliphatic carbocycles. The molecule has 0 aromatic rings. The highest BCUT2D eigenvalue weighted by molar-refractivity contribution is 5.08. The molecule has 0 rings (SSSR count). The highest BCUT2D eigenvalue weighted by Gasteiger charge is 2.10. The topological polar surface area (TPSA) is 29.5 Å². The second-order valence-corrected chi connectivity index (χ2v) is 1.78. The van der Waals surface area contributed by atoms with Gasteiger partial charge in [-0.3, -0.25) is 0 Å². The molecule has 56 valence electrons. The van der Waals surface area contributed by atoms with Crippen molar-refractivity contribution in [1.29, 1.82) is 0 Å².